The molecule has 17 heavy (non-hydrogen) atoms. The topological polar surface area (TPSA) is 92.5 Å². The molecule has 0 spiro atoms. The van der Waals surface area contributed by atoms with Crippen LogP contribution in [-0.2, 0) is 6.18 Å². The Morgan fingerprint density at radius 1 is 1.41 bits per heavy atom. The van der Waals surface area contributed by atoms with Crippen molar-refractivity contribution in [3.8, 4) is 0 Å². The lowest BCUT2D eigenvalue weighted by atomic mass is 10.2. The summed E-state index contributed by atoms with van der Waals surface area (Å²) in [6.07, 6.45) is -2.10. The van der Waals surface area contributed by atoms with E-state index in [9.17, 15) is 13.2 Å². The Morgan fingerprint density at radius 2 is 2.18 bits per heavy atom. The van der Waals surface area contributed by atoms with E-state index in [4.69, 9.17) is 5.84 Å². The summed E-state index contributed by atoms with van der Waals surface area (Å²) in [4.78, 5) is 7.43. The normalized spacial score (nSPS) is 13.9. The standard InChI is InChI=1S/C7H7F3N6S/c8-7(9,10)6-12-1-3(17-6)4(15-11)5-13-2-14-16-5/h1-2,4,15H,11H2,(H,13,14,16). The highest BCUT2D eigenvalue weighted by molar-refractivity contribution is 7.11. The van der Waals surface area contributed by atoms with E-state index >= 15 is 0 Å². The Bertz CT molecular complexity index is 478. The predicted molar refractivity (Wildman–Crippen MR) is 52.7 cm³/mol. The van der Waals surface area contributed by atoms with Crippen LogP contribution in [0.4, 0.5) is 13.2 Å². The van der Waals surface area contributed by atoms with Gasteiger partial charge in [0.1, 0.15) is 18.2 Å². The third-order valence-corrected chi connectivity index (χ3v) is 3.03. The van der Waals surface area contributed by atoms with Crippen molar-refractivity contribution in [1.29, 1.82) is 0 Å². The number of rotatable bonds is 3. The van der Waals surface area contributed by atoms with Crippen molar-refractivity contribution in [2.24, 2.45) is 5.84 Å². The van der Waals surface area contributed by atoms with Crippen LogP contribution in [0.3, 0.4) is 0 Å². The fourth-order valence-corrected chi connectivity index (χ4v) is 2.05. The lowest BCUT2D eigenvalue weighted by molar-refractivity contribution is -0.137. The maximum absolute atomic E-state index is 12.4. The van der Waals surface area contributed by atoms with Gasteiger partial charge in [-0.05, 0) is 0 Å². The summed E-state index contributed by atoms with van der Waals surface area (Å²) >= 11 is 0.504. The molecule has 92 valence electrons. The summed E-state index contributed by atoms with van der Waals surface area (Å²) in [6, 6.07) is -0.689. The number of nitrogens with zero attached hydrogens (tertiary/aromatic N) is 3. The Kier molecular flexibility index (Phi) is 3.09. The molecule has 2 heterocycles. The zero-order valence-corrected chi connectivity index (χ0v) is 9.01. The summed E-state index contributed by atoms with van der Waals surface area (Å²) in [6.45, 7) is 0. The number of alkyl halides is 3. The SMILES string of the molecule is NNC(c1ncn[nH]1)c1cnc(C(F)(F)F)s1. The molecule has 6 nitrogen and oxygen atoms in total. The van der Waals surface area contributed by atoms with E-state index < -0.39 is 17.2 Å². The van der Waals surface area contributed by atoms with Crippen LogP contribution in [0.1, 0.15) is 21.8 Å². The van der Waals surface area contributed by atoms with E-state index in [2.05, 4.69) is 25.6 Å². The average Bonchev–Trinajstić information content (AvgIpc) is 2.87. The van der Waals surface area contributed by atoms with Crippen LogP contribution in [0, 0.1) is 0 Å². The average molecular weight is 264 g/mol. The van der Waals surface area contributed by atoms with Gasteiger partial charge in [0.25, 0.3) is 0 Å². The minimum absolute atomic E-state index is 0.302. The quantitative estimate of drug-likeness (QED) is 0.564. The molecule has 0 aliphatic carbocycles. The van der Waals surface area contributed by atoms with Gasteiger partial charge in [-0.25, -0.2) is 15.4 Å². The molecule has 0 aliphatic heterocycles. The van der Waals surface area contributed by atoms with Crippen LogP contribution >= 0.6 is 11.3 Å². The first kappa shape index (κ1) is 12.0. The first-order valence-corrected chi connectivity index (χ1v) is 5.18. The Morgan fingerprint density at radius 3 is 2.65 bits per heavy atom. The number of halogens is 3. The molecule has 0 radical (unpaired) electrons. The molecule has 2 rings (SSSR count). The fourth-order valence-electron chi connectivity index (χ4n) is 1.20. The molecule has 0 saturated carbocycles. The van der Waals surface area contributed by atoms with Gasteiger partial charge >= 0.3 is 6.18 Å². The molecule has 0 bridgehead atoms. The third kappa shape index (κ3) is 2.43. The molecule has 0 aliphatic rings. The van der Waals surface area contributed by atoms with Gasteiger partial charge in [0.15, 0.2) is 5.01 Å². The monoisotopic (exact) mass is 264 g/mol. The number of aromatic amines is 1. The second kappa shape index (κ2) is 4.39. The Balaban J connectivity index is 2.30. The number of hydrazine groups is 1. The Hall–Kier alpha value is -1.52. The van der Waals surface area contributed by atoms with Gasteiger partial charge in [0, 0.05) is 6.20 Å². The molecule has 0 amide bonds. The van der Waals surface area contributed by atoms with E-state index in [0.29, 0.717) is 22.0 Å². The molecule has 0 saturated heterocycles. The summed E-state index contributed by atoms with van der Waals surface area (Å²) in [5.74, 6) is 5.60. The zero-order valence-electron chi connectivity index (χ0n) is 8.19. The molecule has 4 N–H and O–H groups in total. The van der Waals surface area contributed by atoms with Crippen molar-refractivity contribution < 1.29 is 13.2 Å². The second-order valence-corrected chi connectivity index (χ2v) is 4.10. The molecular formula is C7H7F3N6S. The van der Waals surface area contributed by atoms with Gasteiger partial charge in [-0.1, -0.05) is 0 Å². The number of H-pyrrole nitrogens is 1. The van der Waals surface area contributed by atoms with Crippen LogP contribution in [0.15, 0.2) is 12.5 Å². The largest absolute Gasteiger partial charge is 0.443 e. The number of hydrogen-bond donors (Lipinski definition) is 3. The number of aromatic nitrogens is 4. The maximum Gasteiger partial charge on any atom is 0.443 e. The minimum atomic E-state index is -4.45. The highest BCUT2D eigenvalue weighted by Crippen LogP contribution is 2.34. The molecule has 10 heteroatoms. The summed E-state index contributed by atoms with van der Waals surface area (Å²) in [5.41, 5.74) is 2.35. The minimum Gasteiger partial charge on any atom is -0.270 e. The van der Waals surface area contributed by atoms with Gasteiger partial charge < -0.3 is 0 Å². The number of thiazole rings is 1. The molecule has 0 fully saturated rings. The van der Waals surface area contributed by atoms with Crippen molar-refractivity contribution in [2.75, 3.05) is 0 Å². The smallest absolute Gasteiger partial charge is 0.270 e. The lowest BCUT2D eigenvalue weighted by Crippen LogP contribution is -2.29. The first-order valence-electron chi connectivity index (χ1n) is 4.36. The summed E-state index contributed by atoms with van der Waals surface area (Å²) in [7, 11) is 0. The van der Waals surface area contributed by atoms with Crippen LogP contribution in [0.25, 0.3) is 0 Å². The van der Waals surface area contributed by atoms with Crippen LogP contribution < -0.4 is 11.3 Å². The highest BCUT2D eigenvalue weighted by Gasteiger charge is 2.35. The summed E-state index contributed by atoms with van der Waals surface area (Å²) < 4.78 is 37.1. The van der Waals surface area contributed by atoms with Gasteiger partial charge in [-0.15, -0.1) is 11.3 Å². The predicted octanol–water partition coefficient (Wildman–Crippen LogP) is 0.833. The van der Waals surface area contributed by atoms with Crippen molar-refractivity contribution in [1.82, 2.24) is 25.6 Å². The maximum atomic E-state index is 12.4. The molecule has 1 atom stereocenters. The second-order valence-electron chi connectivity index (χ2n) is 3.04. The van der Waals surface area contributed by atoms with Crippen LogP contribution in [-0.4, -0.2) is 20.2 Å². The Labute approximate surface area is 97.1 Å². The van der Waals surface area contributed by atoms with E-state index in [-0.39, 0.29) is 0 Å². The third-order valence-electron chi connectivity index (χ3n) is 1.92. The summed E-state index contributed by atoms with van der Waals surface area (Å²) in [5, 5.41) is 5.21. The number of nitrogens with one attached hydrogen (secondary N) is 2. The zero-order chi connectivity index (χ0) is 12.5. The first-order chi connectivity index (χ1) is 8.02. The van der Waals surface area contributed by atoms with Crippen molar-refractivity contribution in [3.63, 3.8) is 0 Å². The molecule has 0 aromatic carbocycles. The van der Waals surface area contributed by atoms with E-state index in [1.807, 2.05) is 0 Å². The molecule has 1 unspecified atom stereocenters. The van der Waals surface area contributed by atoms with Gasteiger partial charge in [0.2, 0.25) is 0 Å². The van der Waals surface area contributed by atoms with E-state index in [0.717, 1.165) is 6.20 Å². The number of nitrogens with two attached hydrogens (primary N) is 1. The molecule has 2 aromatic rings. The molecular weight excluding hydrogens is 257 g/mol. The van der Waals surface area contributed by atoms with Crippen molar-refractivity contribution in [3.05, 3.63) is 28.2 Å². The van der Waals surface area contributed by atoms with Crippen LogP contribution in [0.5, 0.6) is 0 Å². The molecule has 2 aromatic heterocycles. The fraction of sp³-hybridized carbons (Fsp3) is 0.286. The highest BCUT2D eigenvalue weighted by atomic mass is 32.1. The van der Waals surface area contributed by atoms with Gasteiger partial charge in [0.05, 0.1) is 4.88 Å². The number of hydrogen-bond acceptors (Lipinski definition) is 6. The van der Waals surface area contributed by atoms with Crippen molar-refractivity contribution >= 4 is 11.3 Å². The van der Waals surface area contributed by atoms with Gasteiger partial charge in [-0.3, -0.25) is 10.9 Å². The van der Waals surface area contributed by atoms with Crippen LogP contribution in [0.2, 0.25) is 0 Å². The lowest BCUT2D eigenvalue weighted by Gasteiger charge is -2.09. The van der Waals surface area contributed by atoms with Crippen molar-refractivity contribution in [2.45, 2.75) is 12.2 Å². The van der Waals surface area contributed by atoms with E-state index in [1.165, 1.54) is 6.33 Å². The van der Waals surface area contributed by atoms with Gasteiger partial charge in [-0.2, -0.15) is 18.3 Å². The van der Waals surface area contributed by atoms with E-state index in [1.54, 1.807) is 0 Å².